The van der Waals surface area contributed by atoms with Crippen LogP contribution in [0, 0.1) is 5.82 Å². The van der Waals surface area contributed by atoms with Gasteiger partial charge in [-0.15, -0.1) is 0 Å². The van der Waals surface area contributed by atoms with Crippen LogP contribution in [0.5, 0.6) is 5.75 Å². The highest BCUT2D eigenvalue weighted by Gasteiger charge is 2.17. The second-order valence-electron chi connectivity index (χ2n) is 5.40. The normalized spacial score (nSPS) is 15.0. The number of benzene rings is 1. The van der Waals surface area contributed by atoms with Crippen molar-refractivity contribution in [1.29, 1.82) is 0 Å². The van der Waals surface area contributed by atoms with Crippen LogP contribution in [-0.4, -0.2) is 11.6 Å². The summed E-state index contributed by atoms with van der Waals surface area (Å²) >= 11 is 5.91. The van der Waals surface area contributed by atoms with Crippen molar-refractivity contribution >= 4 is 17.2 Å². The molecule has 0 atom stereocenters. The molecule has 3 rings (SSSR count). The largest absolute Gasteiger partial charge is 0.488 e. The van der Waals surface area contributed by atoms with Crippen LogP contribution in [0.2, 0.25) is 5.02 Å². The van der Waals surface area contributed by atoms with E-state index in [2.05, 4.69) is 4.98 Å². The van der Waals surface area contributed by atoms with E-state index in [0.29, 0.717) is 22.9 Å². The monoisotopic (exact) mass is 317 g/mol. The van der Waals surface area contributed by atoms with Crippen LogP contribution in [0.15, 0.2) is 48.3 Å². The third kappa shape index (κ3) is 3.47. The van der Waals surface area contributed by atoms with Crippen molar-refractivity contribution in [3.05, 3.63) is 64.7 Å². The van der Waals surface area contributed by atoms with E-state index >= 15 is 0 Å². The van der Waals surface area contributed by atoms with Gasteiger partial charge in [0.05, 0.1) is 11.2 Å². The maximum atomic E-state index is 14.1. The molecular weight excluding hydrogens is 301 g/mol. The zero-order valence-corrected chi connectivity index (χ0v) is 12.9. The molecule has 1 aliphatic carbocycles. The van der Waals surface area contributed by atoms with Crippen LogP contribution >= 0.6 is 11.6 Å². The lowest BCUT2D eigenvalue weighted by atomic mass is 9.87. The minimum atomic E-state index is -0.165. The van der Waals surface area contributed by atoms with E-state index in [9.17, 15) is 4.39 Å². The van der Waals surface area contributed by atoms with Crippen LogP contribution in [0.3, 0.4) is 0 Å². The Hall–Kier alpha value is -1.87. The third-order valence-electron chi connectivity index (χ3n) is 3.87. The van der Waals surface area contributed by atoms with Crippen molar-refractivity contribution in [1.82, 2.24) is 4.98 Å². The van der Waals surface area contributed by atoms with Gasteiger partial charge in [0.15, 0.2) is 0 Å². The Morgan fingerprint density at radius 1 is 1.14 bits per heavy atom. The standard InChI is InChI=1S/C18H17ClFNO/c19-14-9-15(11-21-10-14)22-12-13-5-1-2-6-16(13)17-7-3-4-8-18(17)20/h3-4,7-11H,1-2,5-6,12H2. The fraction of sp³-hybridized carbons (Fsp3) is 0.278. The highest BCUT2D eigenvalue weighted by atomic mass is 35.5. The minimum absolute atomic E-state index is 0.165. The van der Waals surface area contributed by atoms with Crippen LogP contribution in [0.25, 0.3) is 5.57 Å². The number of allylic oxidation sites excluding steroid dienone is 1. The average molecular weight is 318 g/mol. The predicted octanol–water partition coefficient (Wildman–Crippen LogP) is 5.28. The predicted molar refractivity (Wildman–Crippen MR) is 86.5 cm³/mol. The van der Waals surface area contributed by atoms with E-state index in [1.165, 1.54) is 6.07 Å². The Labute approximate surface area is 134 Å². The van der Waals surface area contributed by atoms with Crippen molar-refractivity contribution in [2.75, 3.05) is 6.61 Å². The van der Waals surface area contributed by atoms with Gasteiger partial charge in [-0.3, -0.25) is 4.98 Å². The number of aromatic nitrogens is 1. The highest BCUT2D eigenvalue weighted by molar-refractivity contribution is 6.30. The molecule has 1 aliphatic rings. The number of hydrogen-bond acceptors (Lipinski definition) is 2. The van der Waals surface area contributed by atoms with Crippen molar-refractivity contribution in [2.45, 2.75) is 25.7 Å². The molecular formula is C18H17ClFNO. The second-order valence-corrected chi connectivity index (χ2v) is 5.83. The van der Waals surface area contributed by atoms with Gasteiger partial charge in [-0.25, -0.2) is 4.39 Å². The molecule has 0 saturated carbocycles. The maximum absolute atomic E-state index is 14.1. The van der Waals surface area contributed by atoms with Crippen molar-refractivity contribution in [3.63, 3.8) is 0 Å². The molecule has 0 aliphatic heterocycles. The molecule has 1 aromatic carbocycles. The van der Waals surface area contributed by atoms with E-state index in [1.54, 1.807) is 24.5 Å². The second kappa shape index (κ2) is 6.93. The molecule has 1 heterocycles. The Kier molecular flexibility index (Phi) is 4.74. The number of nitrogens with zero attached hydrogens (tertiary/aromatic N) is 1. The molecule has 4 heteroatoms. The number of hydrogen-bond donors (Lipinski definition) is 0. The molecule has 0 amide bonds. The van der Waals surface area contributed by atoms with E-state index in [1.807, 2.05) is 12.1 Å². The van der Waals surface area contributed by atoms with E-state index in [-0.39, 0.29) is 5.82 Å². The lowest BCUT2D eigenvalue weighted by Gasteiger charge is -2.21. The smallest absolute Gasteiger partial charge is 0.139 e. The molecule has 2 nitrogen and oxygen atoms in total. The van der Waals surface area contributed by atoms with Crippen LogP contribution < -0.4 is 4.74 Å². The first kappa shape index (κ1) is 15.0. The maximum Gasteiger partial charge on any atom is 0.139 e. The minimum Gasteiger partial charge on any atom is -0.488 e. The molecule has 114 valence electrons. The van der Waals surface area contributed by atoms with Crippen molar-refractivity contribution in [3.8, 4) is 5.75 Å². The van der Waals surface area contributed by atoms with Gasteiger partial charge in [0.2, 0.25) is 0 Å². The zero-order chi connectivity index (χ0) is 15.4. The first-order valence-electron chi connectivity index (χ1n) is 7.43. The van der Waals surface area contributed by atoms with Crippen molar-refractivity contribution < 1.29 is 9.13 Å². The van der Waals surface area contributed by atoms with Gasteiger partial charge >= 0.3 is 0 Å². The summed E-state index contributed by atoms with van der Waals surface area (Å²) in [4.78, 5) is 4.01. The zero-order valence-electron chi connectivity index (χ0n) is 12.2. The fourth-order valence-electron chi connectivity index (χ4n) is 2.80. The van der Waals surface area contributed by atoms with Gasteiger partial charge in [0, 0.05) is 17.8 Å². The lowest BCUT2D eigenvalue weighted by Crippen LogP contribution is -2.09. The van der Waals surface area contributed by atoms with E-state index in [4.69, 9.17) is 16.3 Å². The molecule has 0 spiro atoms. The lowest BCUT2D eigenvalue weighted by molar-refractivity contribution is 0.343. The topological polar surface area (TPSA) is 22.1 Å². The van der Waals surface area contributed by atoms with Gasteiger partial charge in [0.1, 0.15) is 18.2 Å². The molecule has 22 heavy (non-hydrogen) atoms. The summed E-state index contributed by atoms with van der Waals surface area (Å²) in [5.74, 6) is 0.472. The molecule has 0 N–H and O–H groups in total. The molecule has 0 fully saturated rings. The summed E-state index contributed by atoms with van der Waals surface area (Å²) in [6, 6.07) is 8.68. The number of rotatable bonds is 4. The molecule has 0 saturated heterocycles. The summed E-state index contributed by atoms with van der Waals surface area (Å²) in [6.45, 7) is 0.450. The number of halogens is 2. The molecule has 2 aromatic rings. The Morgan fingerprint density at radius 2 is 1.95 bits per heavy atom. The molecule has 0 unspecified atom stereocenters. The third-order valence-corrected chi connectivity index (χ3v) is 4.08. The Balaban J connectivity index is 1.84. The Bertz CT molecular complexity index is 699. The molecule has 0 bridgehead atoms. The van der Waals surface area contributed by atoms with Crippen LogP contribution in [0.1, 0.15) is 31.2 Å². The summed E-state index contributed by atoms with van der Waals surface area (Å²) in [6.07, 6.45) is 7.25. The number of ether oxygens (including phenoxy) is 1. The number of pyridine rings is 1. The van der Waals surface area contributed by atoms with E-state index < -0.39 is 0 Å². The summed E-state index contributed by atoms with van der Waals surface area (Å²) in [5.41, 5.74) is 2.95. The average Bonchev–Trinajstić information content (AvgIpc) is 2.54. The summed E-state index contributed by atoms with van der Waals surface area (Å²) < 4.78 is 19.9. The van der Waals surface area contributed by atoms with Crippen LogP contribution in [0.4, 0.5) is 4.39 Å². The Morgan fingerprint density at radius 3 is 2.77 bits per heavy atom. The molecule has 1 aromatic heterocycles. The van der Waals surface area contributed by atoms with E-state index in [0.717, 1.165) is 36.8 Å². The summed E-state index contributed by atoms with van der Waals surface area (Å²) in [5, 5.41) is 0.546. The van der Waals surface area contributed by atoms with Crippen LogP contribution in [-0.2, 0) is 0 Å². The quantitative estimate of drug-likeness (QED) is 0.765. The van der Waals surface area contributed by atoms with Gasteiger partial charge in [-0.1, -0.05) is 29.8 Å². The highest BCUT2D eigenvalue weighted by Crippen LogP contribution is 2.33. The molecule has 0 radical (unpaired) electrons. The van der Waals surface area contributed by atoms with Crippen molar-refractivity contribution in [2.24, 2.45) is 0 Å². The van der Waals surface area contributed by atoms with Gasteiger partial charge in [-0.2, -0.15) is 0 Å². The first-order valence-corrected chi connectivity index (χ1v) is 7.81. The van der Waals surface area contributed by atoms with Gasteiger partial charge in [0.25, 0.3) is 0 Å². The first-order chi connectivity index (χ1) is 10.7. The van der Waals surface area contributed by atoms with Gasteiger partial charge in [-0.05, 0) is 42.9 Å². The SMILES string of the molecule is Fc1ccccc1C1=C(COc2cncc(Cl)c2)CCCC1. The summed E-state index contributed by atoms with van der Waals surface area (Å²) in [7, 11) is 0. The fourth-order valence-corrected chi connectivity index (χ4v) is 2.96. The van der Waals surface area contributed by atoms with Gasteiger partial charge < -0.3 is 4.74 Å².